The van der Waals surface area contributed by atoms with Crippen molar-refractivity contribution in [3.8, 4) is 11.1 Å². The molecule has 0 bridgehead atoms. The number of fused-ring (bicyclic) bond motifs is 2. The first-order valence-electron chi connectivity index (χ1n) is 12.8. The van der Waals surface area contributed by atoms with Gasteiger partial charge in [-0.15, -0.1) is 0 Å². The number of carboxylic acids is 1. The minimum absolute atomic E-state index is 0.0447. The van der Waals surface area contributed by atoms with Crippen LogP contribution in [0.3, 0.4) is 0 Å². The molecule has 7 nitrogen and oxygen atoms in total. The number of benzene rings is 3. The van der Waals surface area contributed by atoms with Crippen molar-refractivity contribution in [2.24, 2.45) is 0 Å². The van der Waals surface area contributed by atoms with E-state index in [4.69, 9.17) is 8.83 Å². The molecule has 39 heavy (non-hydrogen) atoms. The fourth-order valence-electron chi connectivity index (χ4n) is 5.18. The number of nitrogens with one attached hydrogen (secondary N) is 1. The number of hydrogen-bond donors (Lipinski definition) is 2. The maximum Gasteiger partial charge on any atom is 0.339 e. The summed E-state index contributed by atoms with van der Waals surface area (Å²) < 4.78 is 11.9. The van der Waals surface area contributed by atoms with Crippen LogP contribution in [0.2, 0.25) is 0 Å². The summed E-state index contributed by atoms with van der Waals surface area (Å²) >= 11 is 0. The molecule has 0 saturated carbocycles. The largest absolute Gasteiger partial charge is 0.480 e. The second-order valence-corrected chi connectivity index (χ2v) is 9.80. The van der Waals surface area contributed by atoms with E-state index in [2.05, 4.69) is 5.32 Å². The van der Waals surface area contributed by atoms with Gasteiger partial charge < -0.3 is 19.3 Å². The molecule has 7 heteroatoms. The predicted molar refractivity (Wildman–Crippen MR) is 150 cm³/mol. The zero-order valence-electron chi connectivity index (χ0n) is 22.0. The van der Waals surface area contributed by atoms with E-state index in [1.807, 2.05) is 87.5 Å². The zero-order valence-corrected chi connectivity index (χ0v) is 22.0. The lowest BCUT2D eigenvalue weighted by Gasteiger charge is -2.15. The summed E-state index contributed by atoms with van der Waals surface area (Å²) in [5.74, 6) is -0.784. The van der Waals surface area contributed by atoms with E-state index < -0.39 is 23.5 Å². The molecule has 0 aliphatic rings. The van der Waals surface area contributed by atoms with Gasteiger partial charge in [-0.05, 0) is 49.9 Å². The van der Waals surface area contributed by atoms with Gasteiger partial charge in [-0.2, -0.15) is 0 Å². The summed E-state index contributed by atoms with van der Waals surface area (Å²) in [6.07, 6.45) is 0.250. The lowest BCUT2D eigenvalue weighted by molar-refractivity contribution is -0.141. The fraction of sp³-hybridized carbons (Fsp3) is 0.219. The van der Waals surface area contributed by atoms with Crippen LogP contribution in [0, 0.1) is 20.8 Å². The third-order valence-electron chi connectivity index (χ3n) is 7.21. The lowest BCUT2D eigenvalue weighted by atomic mass is 9.96. The average molecular weight is 524 g/mol. The third-order valence-corrected chi connectivity index (χ3v) is 7.21. The number of amides is 1. The smallest absolute Gasteiger partial charge is 0.339 e. The van der Waals surface area contributed by atoms with Crippen LogP contribution in [0.5, 0.6) is 0 Å². The Balaban J connectivity index is 1.45. The van der Waals surface area contributed by atoms with Gasteiger partial charge in [0.25, 0.3) is 0 Å². The minimum atomic E-state index is -1.11. The van der Waals surface area contributed by atoms with Crippen molar-refractivity contribution >= 4 is 33.8 Å². The van der Waals surface area contributed by atoms with Gasteiger partial charge in [-0.1, -0.05) is 60.7 Å². The predicted octanol–water partition coefficient (Wildman–Crippen LogP) is 5.88. The van der Waals surface area contributed by atoms with E-state index in [0.717, 1.165) is 44.3 Å². The van der Waals surface area contributed by atoms with Crippen molar-refractivity contribution in [1.82, 2.24) is 5.32 Å². The Morgan fingerprint density at radius 3 is 2.18 bits per heavy atom. The van der Waals surface area contributed by atoms with E-state index in [1.54, 1.807) is 0 Å². The highest BCUT2D eigenvalue weighted by Gasteiger charge is 2.23. The molecule has 1 atom stereocenters. The molecule has 0 radical (unpaired) electrons. The van der Waals surface area contributed by atoms with Crippen LogP contribution >= 0.6 is 0 Å². The molecule has 1 amide bonds. The monoisotopic (exact) mass is 523 g/mol. The Morgan fingerprint density at radius 1 is 0.872 bits per heavy atom. The Morgan fingerprint density at radius 2 is 1.51 bits per heavy atom. The zero-order chi connectivity index (χ0) is 27.7. The van der Waals surface area contributed by atoms with Crippen molar-refractivity contribution in [3.05, 3.63) is 105 Å². The van der Waals surface area contributed by atoms with Gasteiger partial charge in [0.1, 0.15) is 23.0 Å². The van der Waals surface area contributed by atoms with E-state index in [0.29, 0.717) is 16.7 Å². The fourth-order valence-corrected chi connectivity index (χ4v) is 5.18. The molecule has 2 N–H and O–H groups in total. The SMILES string of the molecule is Cc1oc2c(C)c3oc(=O)c(CCC(=O)N[C@H](Cc4ccccc4)C(=O)O)c(C)c3cc2c1-c1ccccc1. The Hall–Kier alpha value is -4.65. The van der Waals surface area contributed by atoms with Crippen molar-refractivity contribution in [2.75, 3.05) is 0 Å². The summed E-state index contributed by atoms with van der Waals surface area (Å²) in [4.78, 5) is 37.5. The number of carbonyl (C=O) groups excluding carboxylic acids is 1. The molecule has 0 fully saturated rings. The Kier molecular flexibility index (Phi) is 7.07. The highest BCUT2D eigenvalue weighted by atomic mass is 16.4. The number of rotatable bonds is 8. The van der Waals surface area contributed by atoms with Gasteiger partial charge in [0, 0.05) is 40.3 Å². The minimum Gasteiger partial charge on any atom is -0.480 e. The molecular weight excluding hydrogens is 494 g/mol. The van der Waals surface area contributed by atoms with Gasteiger partial charge in [0.05, 0.1) is 0 Å². The number of aliphatic carboxylic acids is 1. The number of carbonyl (C=O) groups is 2. The standard InChI is InChI=1S/C32H29NO6/c1-18-23(14-15-27(34)33-26(31(35)36)16-21-10-6-4-7-11-21)32(37)39-29-19(2)30-25(17-24(18)29)28(20(3)38-30)22-12-8-5-9-13-22/h4-13,17,26H,14-16H2,1-3H3,(H,33,34)(H,35,36)/t26-/m1/s1. The summed E-state index contributed by atoms with van der Waals surface area (Å²) in [6.45, 7) is 5.64. The molecule has 0 saturated heterocycles. The quantitative estimate of drug-likeness (QED) is 0.246. The maximum atomic E-state index is 13.0. The van der Waals surface area contributed by atoms with Gasteiger partial charge in [-0.3, -0.25) is 4.79 Å². The van der Waals surface area contributed by atoms with Crippen LogP contribution < -0.4 is 10.9 Å². The number of carboxylic acid groups (broad SMARTS) is 1. The highest BCUT2D eigenvalue weighted by molar-refractivity contribution is 6.05. The van der Waals surface area contributed by atoms with Crippen molar-refractivity contribution in [2.45, 2.75) is 46.1 Å². The summed E-state index contributed by atoms with van der Waals surface area (Å²) in [5, 5.41) is 13.9. The van der Waals surface area contributed by atoms with Crippen LogP contribution in [0.25, 0.3) is 33.1 Å². The normalized spacial score (nSPS) is 12.1. The second kappa shape index (κ2) is 10.6. The van der Waals surface area contributed by atoms with E-state index in [9.17, 15) is 19.5 Å². The van der Waals surface area contributed by atoms with Crippen LogP contribution in [0.4, 0.5) is 0 Å². The number of hydrogen-bond acceptors (Lipinski definition) is 5. The lowest BCUT2D eigenvalue weighted by Crippen LogP contribution is -2.42. The molecule has 5 rings (SSSR count). The molecular formula is C32H29NO6. The van der Waals surface area contributed by atoms with Crippen molar-refractivity contribution < 1.29 is 23.5 Å². The summed E-state index contributed by atoms with van der Waals surface area (Å²) in [7, 11) is 0. The first kappa shape index (κ1) is 26.0. The molecule has 0 aliphatic heterocycles. The summed E-state index contributed by atoms with van der Waals surface area (Å²) in [5.41, 5.74) is 5.31. The number of furan rings is 1. The van der Waals surface area contributed by atoms with E-state index >= 15 is 0 Å². The average Bonchev–Trinajstić information content (AvgIpc) is 3.26. The Bertz CT molecular complexity index is 1750. The molecule has 2 heterocycles. The van der Waals surface area contributed by atoms with Crippen LogP contribution in [-0.2, 0) is 22.4 Å². The molecule has 0 spiro atoms. The molecule has 198 valence electrons. The molecule has 0 unspecified atom stereocenters. The topological polar surface area (TPSA) is 110 Å². The van der Waals surface area contributed by atoms with Crippen molar-refractivity contribution in [1.29, 1.82) is 0 Å². The Labute approximate surface area is 225 Å². The highest BCUT2D eigenvalue weighted by Crippen LogP contribution is 2.39. The van der Waals surface area contributed by atoms with Gasteiger partial charge in [0.2, 0.25) is 5.91 Å². The van der Waals surface area contributed by atoms with Gasteiger partial charge >= 0.3 is 11.6 Å². The number of aryl methyl sites for hydroxylation is 3. The molecule has 5 aromatic rings. The summed E-state index contributed by atoms with van der Waals surface area (Å²) in [6, 6.07) is 20.0. The van der Waals surface area contributed by atoms with Crippen LogP contribution in [-0.4, -0.2) is 23.0 Å². The van der Waals surface area contributed by atoms with Gasteiger partial charge in [-0.25, -0.2) is 9.59 Å². The molecule has 3 aromatic carbocycles. The first-order chi connectivity index (χ1) is 18.7. The maximum absolute atomic E-state index is 13.0. The third kappa shape index (κ3) is 5.08. The molecule has 0 aliphatic carbocycles. The second-order valence-electron chi connectivity index (χ2n) is 9.80. The molecule has 2 aromatic heterocycles. The van der Waals surface area contributed by atoms with E-state index in [1.165, 1.54) is 0 Å². The van der Waals surface area contributed by atoms with Crippen molar-refractivity contribution in [3.63, 3.8) is 0 Å². The first-order valence-corrected chi connectivity index (χ1v) is 12.8. The van der Waals surface area contributed by atoms with E-state index in [-0.39, 0.29) is 19.3 Å². The van der Waals surface area contributed by atoms with Gasteiger partial charge in [0.15, 0.2) is 0 Å². The van der Waals surface area contributed by atoms with Crippen LogP contribution in [0.1, 0.15) is 34.4 Å². The van der Waals surface area contributed by atoms with Crippen LogP contribution in [0.15, 0.2) is 80.4 Å².